The number of nitrogens with one attached hydrogen (secondary N) is 2. The van der Waals surface area contributed by atoms with E-state index in [9.17, 15) is 21.6 Å². The molecule has 150 valence electrons. The van der Waals surface area contributed by atoms with Crippen molar-refractivity contribution in [3.63, 3.8) is 0 Å². The molecule has 0 bridgehead atoms. The van der Waals surface area contributed by atoms with Gasteiger partial charge in [-0.15, -0.1) is 0 Å². The number of pyridine rings is 1. The minimum Gasteiger partial charge on any atom is -0.481 e. The summed E-state index contributed by atoms with van der Waals surface area (Å²) in [6.07, 6.45) is 4.28. The highest BCUT2D eigenvalue weighted by Gasteiger charge is 2.27. The number of carbonyl (C=O) groups excluding carboxylic acids is 1. The topological polar surface area (TPSA) is 157 Å². The van der Waals surface area contributed by atoms with Crippen LogP contribution in [0.1, 0.15) is 17.7 Å². The molecule has 3 rings (SSSR count). The molecule has 0 saturated heterocycles. The molecule has 0 radical (unpaired) electrons. The van der Waals surface area contributed by atoms with Crippen molar-refractivity contribution >= 4 is 31.8 Å². The molecule has 2 amide bonds. The number of urea groups is 1. The normalized spacial score (nSPS) is 13.6. The zero-order valence-electron chi connectivity index (χ0n) is 15.0. The van der Waals surface area contributed by atoms with Crippen LogP contribution in [0.15, 0.2) is 28.3 Å². The first-order valence-corrected chi connectivity index (χ1v) is 11.4. The summed E-state index contributed by atoms with van der Waals surface area (Å²) in [4.78, 5) is 23.4. The third-order valence-corrected chi connectivity index (χ3v) is 6.44. The Hall–Kier alpha value is -2.80. The van der Waals surface area contributed by atoms with Crippen LogP contribution in [0.2, 0.25) is 0 Å². The Morgan fingerprint density at radius 2 is 1.93 bits per heavy atom. The van der Waals surface area contributed by atoms with Crippen LogP contribution >= 0.6 is 0 Å². The Balaban J connectivity index is 1.84. The number of hydrogen-bond acceptors (Lipinski definition) is 9. The summed E-state index contributed by atoms with van der Waals surface area (Å²) in [7, 11) is -7.01. The molecule has 28 heavy (non-hydrogen) atoms. The van der Waals surface area contributed by atoms with Gasteiger partial charge < -0.3 is 4.74 Å². The lowest BCUT2D eigenvalue weighted by atomic mass is 10.2. The van der Waals surface area contributed by atoms with Gasteiger partial charge in [-0.3, -0.25) is 5.32 Å². The van der Waals surface area contributed by atoms with Crippen LogP contribution < -0.4 is 14.8 Å². The van der Waals surface area contributed by atoms with E-state index in [0.717, 1.165) is 42.6 Å². The lowest BCUT2D eigenvalue weighted by Crippen LogP contribution is -2.35. The summed E-state index contributed by atoms with van der Waals surface area (Å²) in [6.45, 7) is 0. The number of anilines is 1. The highest BCUT2D eigenvalue weighted by atomic mass is 32.2. The van der Waals surface area contributed by atoms with Crippen molar-refractivity contribution in [1.82, 2.24) is 19.7 Å². The number of nitrogens with zero attached hydrogens (tertiary/aromatic N) is 3. The molecule has 2 N–H and O–H groups in total. The summed E-state index contributed by atoms with van der Waals surface area (Å²) in [6, 6.07) is 1.13. The summed E-state index contributed by atoms with van der Waals surface area (Å²) < 4.78 is 55.4. The van der Waals surface area contributed by atoms with Crippen molar-refractivity contribution in [3.8, 4) is 5.88 Å². The van der Waals surface area contributed by atoms with Crippen molar-refractivity contribution in [1.29, 1.82) is 0 Å². The number of carbonyl (C=O) groups is 1. The van der Waals surface area contributed by atoms with Crippen LogP contribution in [0, 0.1) is 0 Å². The fraction of sp³-hybridized carbons (Fsp3) is 0.333. The van der Waals surface area contributed by atoms with Crippen molar-refractivity contribution in [2.45, 2.75) is 29.2 Å². The predicted octanol–water partition coefficient (Wildman–Crippen LogP) is 0.283. The Morgan fingerprint density at radius 3 is 2.61 bits per heavy atom. The molecule has 11 nitrogen and oxygen atoms in total. The molecule has 2 aromatic heterocycles. The van der Waals surface area contributed by atoms with Gasteiger partial charge in [-0.25, -0.2) is 36.3 Å². The van der Waals surface area contributed by atoms with Gasteiger partial charge in [0, 0.05) is 18.0 Å². The maximum atomic E-state index is 12.5. The number of ether oxygens (including phenoxy) is 1. The minimum absolute atomic E-state index is 0.125. The molecule has 2 heterocycles. The molecule has 0 aromatic carbocycles. The van der Waals surface area contributed by atoms with Crippen molar-refractivity contribution < 1.29 is 26.4 Å². The minimum atomic E-state index is -4.51. The van der Waals surface area contributed by atoms with E-state index >= 15 is 0 Å². The monoisotopic (exact) mass is 427 g/mol. The molecular formula is C15H17N5O6S2. The fourth-order valence-electron chi connectivity index (χ4n) is 2.79. The standard InChI is InChI=1S/C15H17N5O6S2/c1-26-12-9-5-3-6-10(9)17-14(18-12)19-15(21)20-28(24,25)11-7-4-8-16-13(11)27(2,22)23/h4,7-8H,3,5-6H2,1-2H3,(H2,17,18,19,20,21). The Kier molecular flexibility index (Phi) is 5.21. The SMILES string of the molecule is COc1nc(NC(=O)NS(=O)(=O)c2cccnc2S(C)(=O)=O)nc2c1CCC2. The fourth-order valence-corrected chi connectivity index (χ4v) is 5.20. The molecule has 13 heteroatoms. The lowest BCUT2D eigenvalue weighted by molar-refractivity contribution is 0.256. The summed E-state index contributed by atoms with van der Waals surface area (Å²) >= 11 is 0. The van der Waals surface area contributed by atoms with Crippen LogP contribution in [0.25, 0.3) is 0 Å². The van der Waals surface area contributed by atoms with Crippen LogP contribution in [0.3, 0.4) is 0 Å². The Bertz CT molecular complexity index is 1150. The number of rotatable bonds is 5. The molecule has 0 fully saturated rings. The van der Waals surface area contributed by atoms with Crippen molar-refractivity contribution in [2.75, 3.05) is 18.7 Å². The van der Waals surface area contributed by atoms with E-state index in [1.165, 1.54) is 13.2 Å². The quantitative estimate of drug-likeness (QED) is 0.684. The number of aromatic nitrogens is 3. The summed E-state index contributed by atoms with van der Waals surface area (Å²) in [5, 5.41) is 1.57. The highest BCUT2D eigenvalue weighted by Crippen LogP contribution is 2.28. The van der Waals surface area contributed by atoms with Gasteiger partial charge in [0.1, 0.15) is 4.90 Å². The van der Waals surface area contributed by atoms with Crippen LogP contribution in [0.4, 0.5) is 10.7 Å². The molecular weight excluding hydrogens is 410 g/mol. The van der Waals surface area contributed by atoms with Crippen molar-refractivity contribution in [3.05, 3.63) is 29.6 Å². The second kappa shape index (κ2) is 7.31. The van der Waals surface area contributed by atoms with Gasteiger partial charge in [-0.2, -0.15) is 4.98 Å². The summed E-state index contributed by atoms with van der Waals surface area (Å²) in [5.41, 5.74) is 1.57. The van der Waals surface area contributed by atoms with Gasteiger partial charge in [-0.1, -0.05) is 0 Å². The first-order chi connectivity index (χ1) is 13.1. The number of fused-ring (bicyclic) bond motifs is 1. The van der Waals surface area contributed by atoms with Crippen LogP contribution in [-0.4, -0.2) is 51.2 Å². The third kappa shape index (κ3) is 4.04. The van der Waals surface area contributed by atoms with Gasteiger partial charge in [0.15, 0.2) is 14.9 Å². The smallest absolute Gasteiger partial charge is 0.335 e. The van der Waals surface area contributed by atoms with Crippen LogP contribution in [-0.2, 0) is 32.7 Å². The zero-order valence-corrected chi connectivity index (χ0v) is 16.6. The predicted molar refractivity (Wildman–Crippen MR) is 97.3 cm³/mol. The molecule has 0 saturated carbocycles. The lowest BCUT2D eigenvalue weighted by Gasteiger charge is -2.11. The summed E-state index contributed by atoms with van der Waals surface area (Å²) in [5.74, 6) is 0.187. The first-order valence-electron chi connectivity index (χ1n) is 8.04. The van der Waals surface area contributed by atoms with E-state index in [4.69, 9.17) is 4.74 Å². The Labute approximate surface area is 161 Å². The average Bonchev–Trinajstić information content (AvgIpc) is 3.08. The van der Waals surface area contributed by atoms with E-state index < -0.39 is 35.8 Å². The number of sulfonamides is 1. The van der Waals surface area contributed by atoms with Gasteiger partial charge in [0.05, 0.1) is 12.8 Å². The molecule has 1 aliphatic carbocycles. The molecule has 0 unspecified atom stereocenters. The molecule has 0 atom stereocenters. The van der Waals surface area contributed by atoms with E-state index in [2.05, 4.69) is 20.3 Å². The molecule has 2 aromatic rings. The molecule has 1 aliphatic rings. The zero-order chi connectivity index (χ0) is 20.5. The second-order valence-electron chi connectivity index (χ2n) is 5.97. The van der Waals surface area contributed by atoms with Gasteiger partial charge in [0.2, 0.25) is 11.8 Å². The van der Waals surface area contributed by atoms with E-state index in [0.29, 0.717) is 12.3 Å². The molecule has 0 spiro atoms. The average molecular weight is 427 g/mol. The maximum absolute atomic E-state index is 12.5. The van der Waals surface area contributed by atoms with Gasteiger partial charge >= 0.3 is 6.03 Å². The van der Waals surface area contributed by atoms with Gasteiger partial charge in [-0.05, 0) is 31.4 Å². The number of methoxy groups -OCH3 is 1. The number of hydrogen-bond donors (Lipinski definition) is 2. The van der Waals surface area contributed by atoms with E-state index in [-0.39, 0.29) is 5.95 Å². The third-order valence-electron chi connectivity index (χ3n) is 3.92. The number of aryl methyl sites for hydroxylation is 1. The Morgan fingerprint density at radius 1 is 1.18 bits per heavy atom. The number of amides is 2. The maximum Gasteiger partial charge on any atom is 0.335 e. The van der Waals surface area contributed by atoms with Gasteiger partial charge in [0.25, 0.3) is 10.0 Å². The second-order valence-corrected chi connectivity index (χ2v) is 9.56. The van der Waals surface area contributed by atoms with Crippen LogP contribution in [0.5, 0.6) is 5.88 Å². The largest absolute Gasteiger partial charge is 0.481 e. The number of sulfone groups is 1. The van der Waals surface area contributed by atoms with E-state index in [1.54, 1.807) is 4.72 Å². The van der Waals surface area contributed by atoms with E-state index in [1.807, 2.05) is 0 Å². The first kappa shape index (κ1) is 19.9. The van der Waals surface area contributed by atoms with Crippen molar-refractivity contribution in [2.24, 2.45) is 0 Å². The molecule has 0 aliphatic heterocycles. The highest BCUT2D eigenvalue weighted by molar-refractivity contribution is 7.93.